The van der Waals surface area contributed by atoms with Crippen molar-refractivity contribution in [2.45, 2.75) is 46.5 Å². The SMILES string of the molecule is Cc1nc(C)n(-c2nccc(-c3ncc(C)c(-n4c(C)cc([C@H]5[C@H](C)[C@@H]5c5ncccc5F)c(Cl)c4=O)c3F)c2F)n1. The molecule has 0 aliphatic heterocycles. The van der Waals surface area contributed by atoms with Gasteiger partial charge in [-0.15, -0.1) is 5.10 Å². The van der Waals surface area contributed by atoms with Gasteiger partial charge in [0.25, 0.3) is 5.56 Å². The molecule has 0 radical (unpaired) electrons. The Kier molecular flexibility index (Phi) is 6.72. The molecule has 12 heteroatoms. The average Bonchev–Trinajstić information content (AvgIpc) is 3.48. The highest BCUT2D eigenvalue weighted by atomic mass is 35.5. The summed E-state index contributed by atoms with van der Waals surface area (Å²) in [7, 11) is 0. The van der Waals surface area contributed by atoms with Crippen molar-refractivity contribution < 1.29 is 13.2 Å². The van der Waals surface area contributed by atoms with E-state index in [2.05, 4.69) is 25.0 Å². The van der Waals surface area contributed by atoms with E-state index in [-0.39, 0.29) is 45.5 Å². The van der Waals surface area contributed by atoms with Crippen LogP contribution < -0.4 is 5.56 Å². The molecule has 5 aromatic heterocycles. The van der Waals surface area contributed by atoms with E-state index in [9.17, 15) is 9.18 Å². The van der Waals surface area contributed by atoms with Crippen LogP contribution in [0.3, 0.4) is 0 Å². The van der Waals surface area contributed by atoms with Gasteiger partial charge in [-0.2, -0.15) is 4.68 Å². The van der Waals surface area contributed by atoms with Gasteiger partial charge in [-0.25, -0.2) is 23.1 Å². The Morgan fingerprint density at radius 2 is 1.71 bits per heavy atom. The van der Waals surface area contributed by atoms with Crippen LogP contribution in [0.4, 0.5) is 13.2 Å². The Labute approximate surface area is 243 Å². The second-order valence-electron chi connectivity index (χ2n) is 10.5. The zero-order chi connectivity index (χ0) is 30.0. The van der Waals surface area contributed by atoms with Crippen LogP contribution in [-0.2, 0) is 0 Å². The predicted molar refractivity (Wildman–Crippen MR) is 151 cm³/mol. The summed E-state index contributed by atoms with van der Waals surface area (Å²) in [5, 5.41) is 4.08. The molecule has 0 unspecified atom stereocenters. The summed E-state index contributed by atoms with van der Waals surface area (Å²) in [6.07, 6.45) is 4.22. The third-order valence-electron chi connectivity index (χ3n) is 7.80. The molecular formula is C30H25ClF3N7O. The van der Waals surface area contributed by atoms with E-state index in [0.29, 0.717) is 34.2 Å². The van der Waals surface area contributed by atoms with Gasteiger partial charge in [0.2, 0.25) is 0 Å². The van der Waals surface area contributed by atoms with Crippen LogP contribution in [0.2, 0.25) is 5.02 Å². The van der Waals surface area contributed by atoms with Crippen molar-refractivity contribution in [2.24, 2.45) is 5.92 Å². The molecule has 1 fully saturated rings. The normalized spacial score (nSPS) is 18.0. The van der Waals surface area contributed by atoms with Crippen LogP contribution in [0.1, 0.15) is 52.9 Å². The highest BCUT2D eigenvalue weighted by molar-refractivity contribution is 6.31. The van der Waals surface area contributed by atoms with E-state index in [1.54, 1.807) is 33.8 Å². The highest BCUT2D eigenvalue weighted by Crippen LogP contribution is 2.61. The summed E-state index contributed by atoms with van der Waals surface area (Å²) >= 11 is 6.64. The minimum atomic E-state index is -0.903. The van der Waals surface area contributed by atoms with Crippen molar-refractivity contribution in [3.63, 3.8) is 0 Å². The third kappa shape index (κ3) is 4.30. The van der Waals surface area contributed by atoms with Crippen LogP contribution in [0.5, 0.6) is 0 Å². The van der Waals surface area contributed by atoms with Crippen LogP contribution in [0, 0.1) is 51.1 Å². The summed E-state index contributed by atoms with van der Waals surface area (Å²) < 4.78 is 49.0. The van der Waals surface area contributed by atoms with E-state index in [1.807, 2.05) is 6.92 Å². The molecule has 214 valence electrons. The summed E-state index contributed by atoms with van der Waals surface area (Å²) in [5.74, 6) is -1.97. The first-order chi connectivity index (χ1) is 20.0. The molecule has 1 aliphatic carbocycles. The topological polar surface area (TPSA) is 91.4 Å². The first-order valence-corrected chi connectivity index (χ1v) is 13.6. The van der Waals surface area contributed by atoms with E-state index in [4.69, 9.17) is 11.6 Å². The summed E-state index contributed by atoms with van der Waals surface area (Å²) in [5.41, 5.74) is 0.411. The van der Waals surface area contributed by atoms with Gasteiger partial charge in [0.1, 0.15) is 28.2 Å². The van der Waals surface area contributed by atoms with Crippen molar-refractivity contribution in [1.29, 1.82) is 0 Å². The average molecular weight is 592 g/mol. The molecule has 0 aromatic carbocycles. The van der Waals surface area contributed by atoms with Gasteiger partial charge in [0, 0.05) is 35.8 Å². The predicted octanol–water partition coefficient (Wildman–Crippen LogP) is 6.09. The Morgan fingerprint density at radius 1 is 0.952 bits per heavy atom. The molecule has 0 amide bonds. The lowest BCUT2D eigenvalue weighted by atomic mass is 10.1. The lowest BCUT2D eigenvalue weighted by molar-refractivity contribution is 0.588. The highest BCUT2D eigenvalue weighted by Gasteiger charge is 2.51. The van der Waals surface area contributed by atoms with Gasteiger partial charge >= 0.3 is 0 Å². The molecule has 0 N–H and O–H groups in total. The zero-order valence-corrected chi connectivity index (χ0v) is 24.1. The van der Waals surface area contributed by atoms with Crippen LogP contribution in [0.25, 0.3) is 22.8 Å². The summed E-state index contributed by atoms with van der Waals surface area (Å²) in [4.78, 5) is 30.4. The first-order valence-electron chi connectivity index (χ1n) is 13.2. The van der Waals surface area contributed by atoms with Crippen molar-refractivity contribution in [3.05, 3.63) is 110 Å². The molecule has 1 aliphatic rings. The lowest BCUT2D eigenvalue weighted by Gasteiger charge is -2.18. The van der Waals surface area contributed by atoms with E-state index in [1.165, 1.54) is 41.5 Å². The van der Waals surface area contributed by atoms with Gasteiger partial charge < -0.3 is 0 Å². The van der Waals surface area contributed by atoms with Gasteiger partial charge in [-0.1, -0.05) is 18.5 Å². The maximum absolute atomic E-state index is 16.3. The zero-order valence-electron chi connectivity index (χ0n) is 23.3. The maximum atomic E-state index is 16.3. The molecule has 0 saturated heterocycles. The molecule has 5 aromatic rings. The van der Waals surface area contributed by atoms with E-state index >= 15 is 8.78 Å². The number of halogens is 4. The first kappa shape index (κ1) is 27.8. The quantitative estimate of drug-likeness (QED) is 0.246. The molecular weight excluding hydrogens is 567 g/mol. The number of nitrogens with zero attached hydrogens (tertiary/aromatic N) is 7. The molecule has 3 atom stereocenters. The number of hydrogen-bond donors (Lipinski definition) is 0. The van der Waals surface area contributed by atoms with E-state index < -0.39 is 23.0 Å². The molecule has 5 heterocycles. The largest absolute Gasteiger partial charge is 0.277 e. The van der Waals surface area contributed by atoms with Crippen LogP contribution in [0.15, 0.2) is 47.7 Å². The summed E-state index contributed by atoms with van der Waals surface area (Å²) in [6.45, 7) is 8.51. The minimum Gasteiger partial charge on any atom is -0.277 e. The van der Waals surface area contributed by atoms with Crippen molar-refractivity contribution in [3.8, 4) is 22.8 Å². The van der Waals surface area contributed by atoms with Gasteiger partial charge in [0.15, 0.2) is 17.5 Å². The van der Waals surface area contributed by atoms with Gasteiger partial charge in [-0.05, 0) is 74.9 Å². The standard InChI is InChI=1S/C30H25ClF3N7O/c1-13-12-37-26(18-8-10-36-29(24(18)33)41-17(5)38-16(4)39-41)25(34)28(13)40-14(2)11-19(23(31)30(40)42)21-15(3)22(21)27-20(32)7-6-9-35-27/h6-12,15,21-22H,1-5H3/t15-,21+,22-/m0/s1. The number of pyridine rings is 4. The smallest absolute Gasteiger partial charge is 0.274 e. The summed E-state index contributed by atoms with van der Waals surface area (Å²) in [6, 6.07) is 5.89. The van der Waals surface area contributed by atoms with Gasteiger partial charge in [-0.3, -0.25) is 19.3 Å². The Bertz CT molecular complexity index is 1950. The number of hydrogen-bond acceptors (Lipinski definition) is 6. The maximum Gasteiger partial charge on any atom is 0.274 e. The molecule has 6 rings (SSSR count). The van der Waals surface area contributed by atoms with Crippen molar-refractivity contribution in [1.82, 2.24) is 34.3 Å². The van der Waals surface area contributed by atoms with Crippen molar-refractivity contribution >= 4 is 11.6 Å². The second kappa shape index (κ2) is 10.2. The Morgan fingerprint density at radius 3 is 2.40 bits per heavy atom. The Balaban J connectivity index is 1.46. The van der Waals surface area contributed by atoms with Crippen LogP contribution >= 0.6 is 11.6 Å². The third-order valence-corrected chi connectivity index (χ3v) is 8.18. The fourth-order valence-electron chi connectivity index (χ4n) is 5.77. The van der Waals surface area contributed by atoms with Crippen LogP contribution in [-0.4, -0.2) is 34.3 Å². The monoisotopic (exact) mass is 591 g/mol. The van der Waals surface area contributed by atoms with E-state index in [0.717, 1.165) is 4.57 Å². The Hall–Kier alpha value is -4.38. The molecule has 0 spiro atoms. The molecule has 8 nitrogen and oxygen atoms in total. The number of aromatic nitrogens is 7. The fourth-order valence-corrected chi connectivity index (χ4v) is 6.03. The van der Waals surface area contributed by atoms with Gasteiger partial charge in [0.05, 0.1) is 11.4 Å². The minimum absolute atomic E-state index is 0.00572. The molecule has 42 heavy (non-hydrogen) atoms. The van der Waals surface area contributed by atoms with Crippen molar-refractivity contribution in [2.75, 3.05) is 0 Å². The number of rotatable bonds is 5. The second-order valence-corrected chi connectivity index (χ2v) is 10.9. The lowest BCUT2D eigenvalue weighted by Crippen LogP contribution is -2.24. The number of aryl methyl sites for hydroxylation is 4. The molecule has 0 bridgehead atoms. The fraction of sp³-hybridized carbons (Fsp3) is 0.267. The molecule has 1 saturated carbocycles.